The van der Waals surface area contributed by atoms with Crippen molar-refractivity contribution in [1.29, 1.82) is 0 Å². The molecule has 0 atom stereocenters. The number of aliphatic hydroxyl groups excluding tert-OH is 1. The molecule has 2 heterocycles. The summed E-state index contributed by atoms with van der Waals surface area (Å²) in [5.41, 5.74) is 1.07. The molecule has 0 aliphatic heterocycles. The summed E-state index contributed by atoms with van der Waals surface area (Å²) in [6.07, 6.45) is 2.29. The predicted molar refractivity (Wildman–Crippen MR) is 72.2 cm³/mol. The topological polar surface area (TPSA) is 97.1 Å². The Kier molecular flexibility index (Phi) is 4.41. The summed E-state index contributed by atoms with van der Waals surface area (Å²) >= 11 is 0. The van der Waals surface area contributed by atoms with Crippen molar-refractivity contribution in [3.8, 4) is 0 Å². The van der Waals surface area contributed by atoms with Gasteiger partial charge < -0.3 is 10.4 Å². The molecule has 20 heavy (non-hydrogen) atoms. The van der Waals surface area contributed by atoms with E-state index in [2.05, 4.69) is 15.4 Å². The van der Waals surface area contributed by atoms with E-state index in [1.165, 1.54) is 6.92 Å². The quantitative estimate of drug-likeness (QED) is 0.577. The van der Waals surface area contributed by atoms with Gasteiger partial charge in [0.25, 0.3) is 0 Å². The standard InChI is InChI=1S/C13H16N4O3/c1-9(19)12-10-4-2-5-15-13(10)17(16-12)7-3-6-14-11(20)8-18/h2,4-5,18H,3,6-8H2,1H3,(H,14,20). The van der Waals surface area contributed by atoms with Crippen LogP contribution in [0.3, 0.4) is 0 Å². The molecule has 0 aliphatic carbocycles. The number of carbonyl (C=O) groups excluding carboxylic acids is 2. The first kappa shape index (κ1) is 14.1. The Bertz CT molecular complexity index is 636. The Labute approximate surface area is 115 Å². The molecule has 0 fully saturated rings. The number of pyridine rings is 1. The van der Waals surface area contributed by atoms with Crippen LogP contribution in [0.1, 0.15) is 23.8 Å². The first-order valence-electron chi connectivity index (χ1n) is 6.33. The van der Waals surface area contributed by atoms with E-state index in [0.717, 1.165) is 5.39 Å². The smallest absolute Gasteiger partial charge is 0.245 e. The highest BCUT2D eigenvalue weighted by atomic mass is 16.3. The van der Waals surface area contributed by atoms with E-state index < -0.39 is 12.5 Å². The second-order valence-corrected chi connectivity index (χ2v) is 4.36. The SMILES string of the molecule is CC(=O)c1nn(CCCNC(=O)CO)c2ncccc12. The Morgan fingerprint density at radius 2 is 2.25 bits per heavy atom. The average Bonchev–Trinajstić information content (AvgIpc) is 2.82. The van der Waals surface area contributed by atoms with Crippen LogP contribution in [0.5, 0.6) is 0 Å². The number of aliphatic hydroxyl groups is 1. The minimum Gasteiger partial charge on any atom is -0.387 e. The van der Waals surface area contributed by atoms with E-state index >= 15 is 0 Å². The molecule has 0 spiro atoms. The van der Waals surface area contributed by atoms with Crippen molar-refractivity contribution in [2.75, 3.05) is 13.2 Å². The number of hydrogen-bond donors (Lipinski definition) is 2. The lowest BCUT2D eigenvalue weighted by Crippen LogP contribution is -2.27. The molecule has 0 saturated heterocycles. The number of carbonyl (C=O) groups is 2. The number of rotatable bonds is 6. The lowest BCUT2D eigenvalue weighted by atomic mass is 10.2. The summed E-state index contributed by atoms with van der Waals surface area (Å²) in [5, 5.41) is 16.1. The van der Waals surface area contributed by atoms with Crippen molar-refractivity contribution < 1.29 is 14.7 Å². The lowest BCUT2D eigenvalue weighted by Gasteiger charge is -2.04. The second-order valence-electron chi connectivity index (χ2n) is 4.36. The van der Waals surface area contributed by atoms with E-state index in [9.17, 15) is 9.59 Å². The zero-order chi connectivity index (χ0) is 14.5. The maximum atomic E-state index is 11.5. The minimum atomic E-state index is -0.513. The average molecular weight is 276 g/mol. The maximum Gasteiger partial charge on any atom is 0.245 e. The molecule has 106 valence electrons. The van der Waals surface area contributed by atoms with Crippen LogP contribution < -0.4 is 5.32 Å². The highest BCUT2D eigenvalue weighted by Crippen LogP contribution is 2.16. The fourth-order valence-electron chi connectivity index (χ4n) is 1.94. The van der Waals surface area contributed by atoms with Crippen LogP contribution in [0.4, 0.5) is 0 Å². The Morgan fingerprint density at radius 3 is 2.95 bits per heavy atom. The van der Waals surface area contributed by atoms with Crippen LogP contribution in [0, 0.1) is 0 Å². The van der Waals surface area contributed by atoms with Crippen LogP contribution >= 0.6 is 0 Å². The zero-order valence-electron chi connectivity index (χ0n) is 11.2. The van der Waals surface area contributed by atoms with Gasteiger partial charge in [0.05, 0.1) is 5.39 Å². The Balaban J connectivity index is 2.10. The largest absolute Gasteiger partial charge is 0.387 e. The second kappa shape index (κ2) is 6.25. The third-order valence-corrected chi connectivity index (χ3v) is 2.85. The summed E-state index contributed by atoms with van der Waals surface area (Å²) in [5.74, 6) is -0.506. The van der Waals surface area contributed by atoms with Gasteiger partial charge in [0.15, 0.2) is 11.4 Å². The van der Waals surface area contributed by atoms with Crippen LogP contribution in [0.15, 0.2) is 18.3 Å². The number of aromatic nitrogens is 3. The van der Waals surface area contributed by atoms with E-state index in [-0.39, 0.29) is 5.78 Å². The molecule has 7 heteroatoms. The fourth-order valence-corrected chi connectivity index (χ4v) is 1.94. The number of amides is 1. The van der Waals surface area contributed by atoms with Crippen LogP contribution in [-0.4, -0.2) is 44.7 Å². The van der Waals surface area contributed by atoms with E-state index in [4.69, 9.17) is 5.11 Å². The monoisotopic (exact) mass is 276 g/mol. The number of nitrogens with zero attached hydrogens (tertiary/aromatic N) is 3. The first-order chi connectivity index (χ1) is 9.63. The lowest BCUT2D eigenvalue weighted by molar-refractivity contribution is -0.123. The molecule has 2 aromatic heterocycles. The van der Waals surface area contributed by atoms with Crippen LogP contribution in [0.2, 0.25) is 0 Å². The summed E-state index contributed by atoms with van der Waals surface area (Å²) in [7, 11) is 0. The fraction of sp³-hybridized carbons (Fsp3) is 0.385. The van der Waals surface area contributed by atoms with Crippen molar-refractivity contribution in [1.82, 2.24) is 20.1 Å². The third-order valence-electron chi connectivity index (χ3n) is 2.85. The molecule has 1 amide bonds. The maximum absolute atomic E-state index is 11.5. The van der Waals surface area contributed by atoms with Crippen molar-refractivity contribution >= 4 is 22.7 Å². The van der Waals surface area contributed by atoms with Gasteiger partial charge in [0.2, 0.25) is 5.91 Å². The molecule has 2 rings (SSSR count). The van der Waals surface area contributed by atoms with Crippen molar-refractivity contribution in [2.24, 2.45) is 0 Å². The number of fused-ring (bicyclic) bond motifs is 1. The van der Waals surface area contributed by atoms with Crippen molar-refractivity contribution in [3.63, 3.8) is 0 Å². The molecule has 0 aromatic carbocycles. The predicted octanol–water partition coefficient (Wildman–Crippen LogP) is 0.132. The number of hydrogen-bond acceptors (Lipinski definition) is 5. The Morgan fingerprint density at radius 1 is 1.45 bits per heavy atom. The summed E-state index contributed by atoms with van der Waals surface area (Å²) < 4.78 is 1.66. The van der Waals surface area contributed by atoms with Gasteiger partial charge in [-0.25, -0.2) is 9.67 Å². The van der Waals surface area contributed by atoms with E-state index in [0.29, 0.717) is 30.9 Å². The molecule has 0 unspecified atom stereocenters. The molecule has 2 N–H and O–H groups in total. The van der Waals surface area contributed by atoms with Gasteiger partial charge in [-0.05, 0) is 18.6 Å². The number of nitrogens with one attached hydrogen (secondary N) is 1. The normalized spacial score (nSPS) is 10.7. The van der Waals surface area contributed by atoms with Gasteiger partial charge in [-0.3, -0.25) is 9.59 Å². The van der Waals surface area contributed by atoms with Gasteiger partial charge in [-0.2, -0.15) is 5.10 Å². The molecule has 7 nitrogen and oxygen atoms in total. The minimum absolute atomic E-state index is 0.102. The zero-order valence-corrected chi connectivity index (χ0v) is 11.2. The summed E-state index contributed by atoms with van der Waals surface area (Å²) in [6, 6.07) is 3.58. The van der Waals surface area contributed by atoms with Gasteiger partial charge in [-0.1, -0.05) is 0 Å². The first-order valence-corrected chi connectivity index (χ1v) is 6.33. The van der Waals surface area contributed by atoms with Gasteiger partial charge in [0, 0.05) is 26.2 Å². The number of Topliss-reactive ketones (excluding diaryl/α,β-unsaturated/α-hetero) is 1. The number of ketones is 1. The van der Waals surface area contributed by atoms with E-state index in [1.54, 1.807) is 16.9 Å². The number of aryl methyl sites for hydroxylation is 1. The highest BCUT2D eigenvalue weighted by molar-refractivity contribution is 6.03. The molecule has 2 aromatic rings. The molecule has 0 saturated carbocycles. The van der Waals surface area contributed by atoms with E-state index in [1.807, 2.05) is 6.07 Å². The van der Waals surface area contributed by atoms with Crippen LogP contribution in [-0.2, 0) is 11.3 Å². The summed E-state index contributed by atoms with van der Waals surface area (Å²) in [4.78, 5) is 26.7. The Hall–Kier alpha value is -2.28. The third kappa shape index (κ3) is 3.00. The highest BCUT2D eigenvalue weighted by Gasteiger charge is 2.14. The molecule has 0 bridgehead atoms. The van der Waals surface area contributed by atoms with Gasteiger partial charge in [0.1, 0.15) is 12.3 Å². The van der Waals surface area contributed by atoms with Crippen molar-refractivity contribution in [2.45, 2.75) is 19.9 Å². The van der Waals surface area contributed by atoms with Gasteiger partial charge >= 0.3 is 0 Å². The van der Waals surface area contributed by atoms with Crippen LogP contribution in [0.25, 0.3) is 11.0 Å². The molecular weight excluding hydrogens is 260 g/mol. The molecular formula is C13H16N4O3. The summed E-state index contributed by atoms with van der Waals surface area (Å²) in [6.45, 7) is 1.93. The molecule has 0 aliphatic rings. The van der Waals surface area contributed by atoms with Crippen molar-refractivity contribution in [3.05, 3.63) is 24.0 Å². The molecule has 0 radical (unpaired) electrons. The van der Waals surface area contributed by atoms with Gasteiger partial charge in [-0.15, -0.1) is 0 Å².